The molecule has 0 aliphatic carbocycles. The molecule has 8 nitrogen and oxygen atoms in total. The molecule has 0 fully saturated rings. The van der Waals surface area contributed by atoms with Crippen LogP contribution in [0.1, 0.15) is 6.92 Å². The number of anilines is 1. The lowest BCUT2D eigenvalue weighted by Crippen LogP contribution is -2.38. The Balaban J connectivity index is 3.06. The van der Waals surface area contributed by atoms with E-state index >= 15 is 0 Å². The standard InChI is InChI=1S/C11H17N3O5S/c1-7(15)9(12)6-13-10-4-3-8(20(2,18)19)5-11(10)14(16)17/h3-5,7,9,13,15H,6,12H2,1-2H3. The SMILES string of the molecule is CC(O)C(N)CNc1ccc(S(C)(=O)=O)cc1[N+](=O)[O-]. The Kier molecular flexibility index (Phi) is 5.03. The van der Waals surface area contributed by atoms with Gasteiger partial charge in [0.25, 0.3) is 5.69 Å². The zero-order chi connectivity index (χ0) is 15.5. The smallest absolute Gasteiger partial charge is 0.293 e. The van der Waals surface area contributed by atoms with Crippen molar-refractivity contribution in [3.05, 3.63) is 28.3 Å². The van der Waals surface area contributed by atoms with Gasteiger partial charge in [-0.15, -0.1) is 0 Å². The maximum atomic E-state index is 11.4. The number of benzene rings is 1. The van der Waals surface area contributed by atoms with Crippen LogP contribution in [0.15, 0.2) is 23.1 Å². The summed E-state index contributed by atoms with van der Waals surface area (Å²) in [5, 5.41) is 23.0. The van der Waals surface area contributed by atoms with Gasteiger partial charge in [-0.2, -0.15) is 0 Å². The van der Waals surface area contributed by atoms with Crippen LogP contribution in [0.2, 0.25) is 0 Å². The Morgan fingerprint density at radius 1 is 1.50 bits per heavy atom. The van der Waals surface area contributed by atoms with Gasteiger partial charge < -0.3 is 16.2 Å². The van der Waals surface area contributed by atoms with Gasteiger partial charge in [-0.05, 0) is 19.1 Å². The lowest BCUT2D eigenvalue weighted by atomic mass is 10.2. The van der Waals surface area contributed by atoms with Crippen LogP contribution < -0.4 is 11.1 Å². The van der Waals surface area contributed by atoms with Crippen molar-refractivity contribution < 1.29 is 18.4 Å². The van der Waals surface area contributed by atoms with Crippen molar-refractivity contribution >= 4 is 21.2 Å². The molecular formula is C11H17N3O5S. The van der Waals surface area contributed by atoms with Crippen molar-refractivity contribution in [2.45, 2.75) is 24.0 Å². The zero-order valence-electron chi connectivity index (χ0n) is 11.1. The average molecular weight is 303 g/mol. The summed E-state index contributed by atoms with van der Waals surface area (Å²) >= 11 is 0. The van der Waals surface area contributed by atoms with Crippen molar-refractivity contribution in [3.63, 3.8) is 0 Å². The average Bonchev–Trinajstić information content (AvgIpc) is 2.34. The topological polar surface area (TPSA) is 136 Å². The van der Waals surface area contributed by atoms with E-state index in [1.54, 1.807) is 0 Å². The third-order valence-electron chi connectivity index (χ3n) is 2.74. The lowest BCUT2D eigenvalue weighted by molar-refractivity contribution is -0.384. The summed E-state index contributed by atoms with van der Waals surface area (Å²) in [6.45, 7) is 1.63. The van der Waals surface area contributed by atoms with Gasteiger partial charge >= 0.3 is 0 Å². The molecule has 0 saturated carbocycles. The maximum Gasteiger partial charge on any atom is 0.293 e. The fourth-order valence-corrected chi connectivity index (χ4v) is 2.08. The molecule has 4 N–H and O–H groups in total. The fraction of sp³-hybridized carbons (Fsp3) is 0.455. The van der Waals surface area contributed by atoms with Gasteiger partial charge in [0, 0.05) is 24.9 Å². The summed E-state index contributed by atoms with van der Waals surface area (Å²) < 4.78 is 22.8. The normalized spacial score (nSPS) is 14.6. The molecule has 0 amide bonds. The van der Waals surface area contributed by atoms with Crippen LogP contribution in [0.4, 0.5) is 11.4 Å². The summed E-state index contributed by atoms with van der Waals surface area (Å²) in [5.41, 5.74) is 5.41. The number of nitro groups is 1. The van der Waals surface area contributed by atoms with E-state index in [2.05, 4.69) is 5.32 Å². The van der Waals surface area contributed by atoms with Gasteiger partial charge in [-0.25, -0.2) is 8.42 Å². The lowest BCUT2D eigenvalue weighted by Gasteiger charge is -2.16. The summed E-state index contributed by atoms with van der Waals surface area (Å²) in [6, 6.07) is 2.98. The zero-order valence-corrected chi connectivity index (χ0v) is 11.9. The van der Waals surface area contributed by atoms with E-state index in [9.17, 15) is 23.6 Å². The number of sulfone groups is 1. The molecule has 0 aliphatic heterocycles. The van der Waals surface area contributed by atoms with E-state index < -0.39 is 26.9 Å². The van der Waals surface area contributed by atoms with Crippen LogP contribution in [0.5, 0.6) is 0 Å². The van der Waals surface area contributed by atoms with Crippen LogP contribution >= 0.6 is 0 Å². The third-order valence-corrected chi connectivity index (χ3v) is 3.85. The number of nitrogens with two attached hydrogens (primary N) is 1. The Morgan fingerprint density at radius 2 is 2.10 bits per heavy atom. The Bertz CT molecular complexity index is 600. The molecule has 0 spiro atoms. The number of nitro benzene ring substituents is 1. The first-order chi connectivity index (χ1) is 9.12. The first-order valence-corrected chi connectivity index (χ1v) is 7.68. The van der Waals surface area contributed by atoms with Crippen LogP contribution in [-0.4, -0.2) is 43.4 Å². The Morgan fingerprint density at radius 3 is 2.55 bits per heavy atom. The molecule has 1 rings (SSSR count). The second-order valence-electron chi connectivity index (χ2n) is 4.49. The highest BCUT2D eigenvalue weighted by Crippen LogP contribution is 2.27. The minimum atomic E-state index is -3.52. The van der Waals surface area contributed by atoms with E-state index in [1.807, 2.05) is 0 Å². The predicted octanol–water partition coefficient (Wildman–Crippen LogP) is 0.118. The van der Waals surface area contributed by atoms with Gasteiger partial charge in [0.15, 0.2) is 9.84 Å². The molecule has 0 heterocycles. The molecule has 0 bridgehead atoms. The molecule has 0 radical (unpaired) electrons. The van der Waals surface area contributed by atoms with Gasteiger partial charge in [0.1, 0.15) is 5.69 Å². The predicted molar refractivity (Wildman–Crippen MR) is 74.4 cm³/mol. The first kappa shape index (κ1) is 16.3. The molecule has 9 heteroatoms. The molecule has 0 aromatic heterocycles. The van der Waals surface area contributed by atoms with E-state index in [1.165, 1.54) is 19.1 Å². The molecular weight excluding hydrogens is 286 g/mol. The van der Waals surface area contributed by atoms with Gasteiger partial charge in [0.05, 0.1) is 15.9 Å². The molecule has 112 valence electrons. The second kappa shape index (κ2) is 6.16. The van der Waals surface area contributed by atoms with Crippen molar-refractivity contribution in [1.82, 2.24) is 0 Å². The van der Waals surface area contributed by atoms with Crippen LogP contribution in [-0.2, 0) is 9.84 Å². The third kappa shape index (κ3) is 4.15. The van der Waals surface area contributed by atoms with Gasteiger partial charge in [-0.1, -0.05) is 0 Å². The number of aliphatic hydroxyl groups is 1. The number of nitrogens with zero attached hydrogens (tertiary/aromatic N) is 1. The van der Waals surface area contributed by atoms with Crippen molar-refractivity contribution in [2.75, 3.05) is 18.1 Å². The number of nitrogens with one attached hydrogen (secondary N) is 1. The van der Waals surface area contributed by atoms with Crippen molar-refractivity contribution in [1.29, 1.82) is 0 Å². The van der Waals surface area contributed by atoms with Crippen LogP contribution in [0, 0.1) is 10.1 Å². The van der Waals surface area contributed by atoms with Gasteiger partial charge in [0.2, 0.25) is 0 Å². The summed E-state index contributed by atoms with van der Waals surface area (Å²) in [4.78, 5) is 10.2. The second-order valence-corrected chi connectivity index (χ2v) is 6.51. The Labute approximate surface area is 116 Å². The highest BCUT2D eigenvalue weighted by atomic mass is 32.2. The molecule has 0 aliphatic rings. The van der Waals surface area contributed by atoms with Crippen molar-refractivity contribution in [2.24, 2.45) is 5.73 Å². The highest BCUT2D eigenvalue weighted by Gasteiger charge is 2.19. The number of aliphatic hydroxyl groups excluding tert-OH is 1. The number of hydrogen-bond acceptors (Lipinski definition) is 7. The summed E-state index contributed by atoms with van der Waals surface area (Å²) in [6.07, 6.45) is 0.208. The largest absolute Gasteiger partial charge is 0.392 e. The maximum absolute atomic E-state index is 11.4. The summed E-state index contributed by atoms with van der Waals surface area (Å²) in [5.74, 6) is 0. The van der Waals surface area contributed by atoms with E-state index in [4.69, 9.17) is 5.73 Å². The quantitative estimate of drug-likeness (QED) is 0.501. The number of rotatable bonds is 6. The molecule has 2 atom stereocenters. The molecule has 2 unspecified atom stereocenters. The minimum absolute atomic E-state index is 0.122. The Hall–Kier alpha value is -1.71. The van der Waals surface area contributed by atoms with Crippen LogP contribution in [0.3, 0.4) is 0 Å². The molecule has 0 saturated heterocycles. The molecule has 20 heavy (non-hydrogen) atoms. The minimum Gasteiger partial charge on any atom is -0.392 e. The molecule has 1 aromatic rings. The van der Waals surface area contributed by atoms with E-state index in [0.29, 0.717) is 0 Å². The summed E-state index contributed by atoms with van der Waals surface area (Å²) in [7, 11) is -3.52. The monoisotopic (exact) mass is 303 g/mol. The van der Waals surface area contributed by atoms with Gasteiger partial charge in [-0.3, -0.25) is 10.1 Å². The van der Waals surface area contributed by atoms with E-state index in [-0.39, 0.29) is 22.8 Å². The van der Waals surface area contributed by atoms with Crippen LogP contribution in [0.25, 0.3) is 0 Å². The highest BCUT2D eigenvalue weighted by molar-refractivity contribution is 7.90. The van der Waals surface area contributed by atoms with Crippen molar-refractivity contribution in [3.8, 4) is 0 Å². The number of hydrogen-bond donors (Lipinski definition) is 3. The molecule has 1 aromatic carbocycles. The fourth-order valence-electron chi connectivity index (χ4n) is 1.44. The first-order valence-electron chi connectivity index (χ1n) is 5.79. The van der Waals surface area contributed by atoms with E-state index in [0.717, 1.165) is 12.3 Å².